The van der Waals surface area contributed by atoms with Gasteiger partial charge in [-0.05, 0) is 31.2 Å². The summed E-state index contributed by atoms with van der Waals surface area (Å²) in [6.45, 7) is 12.3. The van der Waals surface area contributed by atoms with Gasteiger partial charge < -0.3 is 19.5 Å². The van der Waals surface area contributed by atoms with Crippen LogP contribution in [0.1, 0.15) is 40.0 Å². The smallest absolute Gasteiger partial charge is 0.0701 e. The molecular weight excluding hydrogens is 242 g/mol. The van der Waals surface area contributed by atoms with E-state index in [9.17, 15) is 0 Å². The van der Waals surface area contributed by atoms with Gasteiger partial charge in [0.25, 0.3) is 0 Å². The zero-order valence-electron chi connectivity index (χ0n) is 13.3. The van der Waals surface area contributed by atoms with E-state index < -0.39 is 0 Å². The van der Waals surface area contributed by atoms with Crippen molar-refractivity contribution in [1.29, 1.82) is 0 Å². The molecule has 19 heavy (non-hydrogen) atoms. The molecule has 0 aliphatic heterocycles. The van der Waals surface area contributed by atoms with E-state index in [1.807, 2.05) is 0 Å². The Morgan fingerprint density at radius 1 is 0.842 bits per heavy atom. The molecule has 1 N–H and O–H groups in total. The molecule has 0 unspecified atom stereocenters. The Bertz CT molecular complexity index is 184. The lowest BCUT2D eigenvalue weighted by atomic mass is 9.79. The molecule has 0 bridgehead atoms. The van der Waals surface area contributed by atoms with Gasteiger partial charge in [0.2, 0.25) is 0 Å². The second-order valence-electron chi connectivity index (χ2n) is 4.95. The van der Waals surface area contributed by atoms with E-state index in [4.69, 9.17) is 14.2 Å². The molecule has 116 valence electrons. The number of nitrogens with one attached hydrogen (secondary N) is 1. The van der Waals surface area contributed by atoms with Crippen molar-refractivity contribution in [1.82, 2.24) is 5.32 Å². The molecule has 4 heteroatoms. The lowest BCUT2D eigenvalue weighted by Crippen LogP contribution is -2.34. The number of methoxy groups -OCH3 is 1. The second kappa shape index (κ2) is 12.9. The number of hydrogen-bond acceptors (Lipinski definition) is 4. The third kappa shape index (κ3) is 9.38. The summed E-state index contributed by atoms with van der Waals surface area (Å²) in [4.78, 5) is 0. The minimum Gasteiger partial charge on any atom is -0.382 e. The average molecular weight is 275 g/mol. The Kier molecular flexibility index (Phi) is 12.7. The summed E-state index contributed by atoms with van der Waals surface area (Å²) in [5.74, 6) is 0. The molecule has 0 aliphatic rings. The van der Waals surface area contributed by atoms with E-state index in [1.54, 1.807) is 7.11 Å². The van der Waals surface area contributed by atoms with Crippen molar-refractivity contribution in [3.8, 4) is 0 Å². The standard InChI is InChI=1S/C15H33NO3/c1-5-15(6-2,14-16-7-3)8-9-18-12-13-19-11-10-17-4/h16H,5-14H2,1-4H3. The normalized spacial score (nSPS) is 12.0. The first-order valence-corrected chi connectivity index (χ1v) is 7.59. The third-order valence-electron chi connectivity index (χ3n) is 3.83. The lowest BCUT2D eigenvalue weighted by molar-refractivity contribution is 0.0155. The topological polar surface area (TPSA) is 39.7 Å². The molecule has 0 heterocycles. The predicted octanol–water partition coefficient (Wildman–Crippen LogP) is 2.47. The Hall–Kier alpha value is -0.160. The molecule has 0 saturated carbocycles. The highest BCUT2D eigenvalue weighted by molar-refractivity contribution is 4.78. The number of ether oxygens (including phenoxy) is 3. The van der Waals surface area contributed by atoms with Gasteiger partial charge in [0.15, 0.2) is 0 Å². The van der Waals surface area contributed by atoms with Gasteiger partial charge in [0.05, 0.1) is 26.4 Å². The monoisotopic (exact) mass is 275 g/mol. The van der Waals surface area contributed by atoms with E-state index in [2.05, 4.69) is 26.1 Å². The van der Waals surface area contributed by atoms with Crippen LogP contribution in [0.3, 0.4) is 0 Å². The van der Waals surface area contributed by atoms with Crippen LogP contribution in [0, 0.1) is 5.41 Å². The van der Waals surface area contributed by atoms with Crippen molar-refractivity contribution in [3.05, 3.63) is 0 Å². The van der Waals surface area contributed by atoms with Crippen molar-refractivity contribution in [2.24, 2.45) is 5.41 Å². The molecule has 0 spiro atoms. The number of rotatable bonds is 14. The van der Waals surface area contributed by atoms with Crippen LogP contribution in [0.2, 0.25) is 0 Å². The van der Waals surface area contributed by atoms with Gasteiger partial charge >= 0.3 is 0 Å². The lowest BCUT2D eigenvalue weighted by Gasteiger charge is -2.32. The molecular formula is C15H33NO3. The molecule has 0 rings (SSSR count). The van der Waals surface area contributed by atoms with Crippen LogP contribution in [0.5, 0.6) is 0 Å². The van der Waals surface area contributed by atoms with Crippen LogP contribution in [0.4, 0.5) is 0 Å². The van der Waals surface area contributed by atoms with Crippen LogP contribution in [-0.4, -0.2) is 53.2 Å². The molecule has 0 aromatic heterocycles. The van der Waals surface area contributed by atoms with Crippen molar-refractivity contribution in [3.63, 3.8) is 0 Å². The van der Waals surface area contributed by atoms with Crippen LogP contribution in [0.15, 0.2) is 0 Å². The molecule has 0 aromatic rings. The predicted molar refractivity (Wildman–Crippen MR) is 79.7 cm³/mol. The third-order valence-corrected chi connectivity index (χ3v) is 3.83. The Morgan fingerprint density at radius 2 is 1.42 bits per heavy atom. The molecule has 0 radical (unpaired) electrons. The minimum absolute atomic E-state index is 0.382. The Labute approximate surface area is 119 Å². The first-order chi connectivity index (χ1) is 9.24. The highest BCUT2D eigenvalue weighted by Crippen LogP contribution is 2.29. The zero-order chi connectivity index (χ0) is 14.4. The first kappa shape index (κ1) is 18.8. The maximum absolute atomic E-state index is 5.66. The summed E-state index contributed by atoms with van der Waals surface area (Å²) in [6, 6.07) is 0. The Balaban J connectivity index is 3.63. The van der Waals surface area contributed by atoms with Crippen LogP contribution in [0.25, 0.3) is 0 Å². The summed E-state index contributed by atoms with van der Waals surface area (Å²) in [6.07, 6.45) is 3.51. The quantitative estimate of drug-likeness (QED) is 0.494. The number of hydrogen-bond donors (Lipinski definition) is 1. The van der Waals surface area contributed by atoms with E-state index in [1.165, 1.54) is 12.8 Å². The van der Waals surface area contributed by atoms with Gasteiger partial charge in [0.1, 0.15) is 0 Å². The van der Waals surface area contributed by atoms with Crippen molar-refractivity contribution >= 4 is 0 Å². The van der Waals surface area contributed by atoms with E-state index in [0.29, 0.717) is 31.8 Å². The van der Waals surface area contributed by atoms with Gasteiger partial charge in [-0.15, -0.1) is 0 Å². The van der Waals surface area contributed by atoms with Gasteiger partial charge in [-0.3, -0.25) is 0 Å². The highest BCUT2D eigenvalue weighted by Gasteiger charge is 2.24. The Morgan fingerprint density at radius 3 is 1.95 bits per heavy atom. The summed E-state index contributed by atoms with van der Waals surface area (Å²) in [5, 5.41) is 3.47. The molecule has 0 fully saturated rings. The second-order valence-corrected chi connectivity index (χ2v) is 4.95. The van der Waals surface area contributed by atoms with E-state index >= 15 is 0 Å². The van der Waals surface area contributed by atoms with Crippen molar-refractivity contribution in [2.75, 3.05) is 53.2 Å². The summed E-state index contributed by atoms with van der Waals surface area (Å²) >= 11 is 0. The summed E-state index contributed by atoms with van der Waals surface area (Å²) < 4.78 is 15.9. The largest absolute Gasteiger partial charge is 0.382 e. The van der Waals surface area contributed by atoms with Crippen LogP contribution in [-0.2, 0) is 14.2 Å². The van der Waals surface area contributed by atoms with E-state index in [-0.39, 0.29) is 0 Å². The van der Waals surface area contributed by atoms with Gasteiger partial charge in [-0.25, -0.2) is 0 Å². The van der Waals surface area contributed by atoms with Gasteiger partial charge in [-0.2, -0.15) is 0 Å². The fraction of sp³-hybridized carbons (Fsp3) is 1.00. The zero-order valence-corrected chi connectivity index (χ0v) is 13.3. The maximum Gasteiger partial charge on any atom is 0.0701 e. The first-order valence-electron chi connectivity index (χ1n) is 7.59. The van der Waals surface area contributed by atoms with Crippen molar-refractivity contribution < 1.29 is 14.2 Å². The van der Waals surface area contributed by atoms with Crippen molar-refractivity contribution in [2.45, 2.75) is 40.0 Å². The van der Waals surface area contributed by atoms with Crippen LogP contribution < -0.4 is 5.32 Å². The fourth-order valence-electron chi connectivity index (χ4n) is 2.09. The van der Waals surface area contributed by atoms with E-state index in [0.717, 1.165) is 26.1 Å². The maximum atomic E-state index is 5.66. The molecule has 0 aromatic carbocycles. The SMILES string of the molecule is CCNCC(CC)(CC)CCOCCOCCOC. The minimum atomic E-state index is 0.382. The summed E-state index contributed by atoms with van der Waals surface area (Å²) in [7, 11) is 1.68. The van der Waals surface area contributed by atoms with Gasteiger partial charge in [-0.1, -0.05) is 20.8 Å². The fourth-order valence-corrected chi connectivity index (χ4v) is 2.09. The molecule has 0 aliphatic carbocycles. The molecule has 4 nitrogen and oxygen atoms in total. The van der Waals surface area contributed by atoms with Gasteiger partial charge in [0, 0.05) is 20.3 Å². The average Bonchev–Trinajstić information content (AvgIpc) is 2.45. The van der Waals surface area contributed by atoms with Crippen LogP contribution >= 0.6 is 0 Å². The molecule has 0 atom stereocenters. The highest BCUT2D eigenvalue weighted by atomic mass is 16.5. The molecule has 0 amide bonds. The summed E-state index contributed by atoms with van der Waals surface area (Å²) in [5.41, 5.74) is 0.382. The molecule has 0 saturated heterocycles.